The zero-order chi connectivity index (χ0) is 15.6. The van der Waals surface area contributed by atoms with Crippen molar-refractivity contribution in [2.45, 2.75) is 37.9 Å². The van der Waals surface area contributed by atoms with Crippen molar-refractivity contribution in [1.29, 1.82) is 0 Å². The SMILES string of the molecule is C[C@H](CC(=O)N1CC[C@@H](N)C1)c1ccccc1C(F)(F)F. The first kappa shape index (κ1) is 15.8. The van der Waals surface area contributed by atoms with Gasteiger partial charge in [0, 0.05) is 25.6 Å². The summed E-state index contributed by atoms with van der Waals surface area (Å²) < 4.78 is 39.0. The van der Waals surface area contributed by atoms with Crippen LogP contribution in [0.1, 0.15) is 36.8 Å². The molecule has 0 aromatic heterocycles. The molecule has 0 spiro atoms. The molecule has 6 heteroatoms. The van der Waals surface area contributed by atoms with Gasteiger partial charge in [-0.2, -0.15) is 13.2 Å². The number of halogens is 3. The minimum absolute atomic E-state index is 0.0216. The van der Waals surface area contributed by atoms with E-state index in [1.807, 2.05) is 0 Å². The molecule has 0 aliphatic carbocycles. The Morgan fingerprint density at radius 2 is 2.10 bits per heavy atom. The highest BCUT2D eigenvalue weighted by Gasteiger charge is 2.35. The average Bonchev–Trinajstić information content (AvgIpc) is 2.84. The Bertz CT molecular complexity index is 516. The normalized spacial score (nSPS) is 20.6. The highest BCUT2D eigenvalue weighted by atomic mass is 19.4. The van der Waals surface area contributed by atoms with Crippen LogP contribution in [0.25, 0.3) is 0 Å². The van der Waals surface area contributed by atoms with Gasteiger partial charge in [0.25, 0.3) is 0 Å². The minimum atomic E-state index is -4.40. The van der Waals surface area contributed by atoms with Crippen LogP contribution in [0.15, 0.2) is 24.3 Å². The lowest BCUT2D eigenvalue weighted by molar-refractivity contribution is -0.139. The smallest absolute Gasteiger partial charge is 0.341 e. The number of carbonyl (C=O) groups excluding carboxylic acids is 1. The fourth-order valence-electron chi connectivity index (χ4n) is 2.70. The summed E-state index contributed by atoms with van der Waals surface area (Å²) in [4.78, 5) is 13.8. The second kappa shape index (κ2) is 6.05. The van der Waals surface area contributed by atoms with Crippen LogP contribution < -0.4 is 5.73 Å². The molecular weight excluding hydrogens is 281 g/mol. The van der Waals surface area contributed by atoms with Gasteiger partial charge in [0.1, 0.15) is 0 Å². The third-order valence-electron chi connectivity index (χ3n) is 3.86. The molecule has 1 aliphatic rings. The molecule has 2 rings (SSSR count). The zero-order valence-electron chi connectivity index (χ0n) is 11.9. The van der Waals surface area contributed by atoms with Crippen molar-refractivity contribution in [3.63, 3.8) is 0 Å². The van der Waals surface area contributed by atoms with Crippen LogP contribution >= 0.6 is 0 Å². The molecule has 3 nitrogen and oxygen atoms in total. The third kappa shape index (κ3) is 3.75. The summed E-state index contributed by atoms with van der Waals surface area (Å²) in [5.41, 5.74) is 5.25. The van der Waals surface area contributed by atoms with Gasteiger partial charge in [-0.15, -0.1) is 0 Å². The molecule has 0 unspecified atom stereocenters. The molecule has 1 aromatic carbocycles. The first-order chi connectivity index (χ1) is 9.79. The molecule has 21 heavy (non-hydrogen) atoms. The van der Waals surface area contributed by atoms with Crippen LogP contribution in [0.3, 0.4) is 0 Å². The van der Waals surface area contributed by atoms with E-state index < -0.39 is 17.7 Å². The Kier molecular flexibility index (Phi) is 4.56. The minimum Gasteiger partial charge on any atom is -0.341 e. The number of benzene rings is 1. The lowest BCUT2D eigenvalue weighted by Crippen LogP contribution is -2.32. The van der Waals surface area contributed by atoms with E-state index in [1.165, 1.54) is 12.1 Å². The molecule has 0 bridgehead atoms. The molecule has 0 radical (unpaired) electrons. The predicted molar refractivity (Wildman–Crippen MR) is 73.6 cm³/mol. The number of likely N-dealkylation sites (tertiary alicyclic amines) is 1. The molecular formula is C15H19F3N2O. The molecule has 2 N–H and O–H groups in total. The Morgan fingerprint density at radius 1 is 1.43 bits per heavy atom. The number of hydrogen-bond donors (Lipinski definition) is 1. The topological polar surface area (TPSA) is 46.3 Å². The van der Waals surface area contributed by atoms with Gasteiger partial charge in [-0.3, -0.25) is 4.79 Å². The van der Waals surface area contributed by atoms with Gasteiger partial charge >= 0.3 is 6.18 Å². The molecule has 0 saturated carbocycles. The van der Waals surface area contributed by atoms with Crippen LogP contribution in [0.4, 0.5) is 13.2 Å². The van der Waals surface area contributed by atoms with Crippen molar-refractivity contribution in [1.82, 2.24) is 4.90 Å². The second-order valence-electron chi connectivity index (χ2n) is 5.58. The van der Waals surface area contributed by atoms with Crippen molar-refractivity contribution in [3.05, 3.63) is 35.4 Å². The summed E-state index contributed by atoms with van der Waals surface area (Å²) in [7, 11) is 0. The largest absolute Gasteiger partial charge is 0.416 e. The van der Waals surface area contributed by atoms with Gasteiger partial charge in [0.15, 0.2) is 0 Å². The Labute approximate surface area is 121 Å². The van der Waals surface area contributed by atoms with E-state index in [1.54, 1.807) is 17.9 Å². The van der Waals surface area contributed by atoms with E-state index in [0.717, 1.165) is 12.5 Å². The Balaban J connectivity index is 2.10. The molecule has 1 amide bonds. The summed E-state index contributed by atoms with van der Waals surface area (Å²) in [6.07, 6.45) is -3.58. The number of nitrogens with zero attached hydrogens (tertiary/aromatic N) is 1. The molecule has 1 saturated heterocycles. The highest BCUT2D eigenvalue weighted by molar-refractivity contribution is 5.77. The van der Waals surface area contributed by atoms with Gasteiger partial charge in [-0.25, -0.2) is 0 Å². The monoisotopic (exact) mass is 300 g/mol. The Morgan fingerprint density at radius 3 is 2.67 bits per heavy atom. The summed E-state index contributed by atoms with van der Waals surface area (Å²) in [5.74, 6) is -0.612. The molecule has 116 valence electrons. The van der Waals surface area contributed by atoms with E-state index in [4.69, 9.17) is 5.73 Å². The standard InChI is InChI=1S/C15H19F3N2O/c1-10(8-14(21)20-7-6-11(19)9-20)12-4-2-3-5-13(12)15(16,17)18/h2-5,10-11H,6-9,19H2,1H3/t10-,11-/m1/s1. The van der Waals surface area contributed by atoms with Crippen LogP contribution in [-0.4, -0.2) is 29.9 Å². The van der Waals surface area contributed by atoms with Gasteiger partial charge in [-0.1, -0.05) is 25.1 Å². The second-order valence-corrected chi connectivity index (χ2v) is 5.58. The predicted octanol–water partition coefficient (Wildman–Crippen LogP) is 2.76. The number of alkyl halides is 3. The summed E-state index contributed by atoms with van der Waals surface area (Å²) in [6.45, 7) is 2.73. The van der Waals surface area contributed by atoms with Crippen LogP contribution in [0.5, 0.6) is 0 Å². The van der Waals surface area contributed by atoms with E-state index in [-0.39, 0.29) is 23.9 Å². The van der Waals surface area contributed by atoms with Crippen molar-refractivity contribution in [3.8, 4) is 0 Å². The lowest BCUT2D eigenvalue weighted by Gasteiger charge is -2.21. The van der Waals surface area contributed by atoms with E-state index in [2.05, 4.69) is 0 Å². The van der Waals surface area contributed by atoms with Gasteiger partial charge in [-0.05, 0) is 24.0 Å². The van der Waals surface area contributed by atoms with Crippen LogP contribution in [-0.2, 0) is 11.0 Å². The number of carbonyl (C=O) groups is 1. The highest BCUT2D eigenvalue weighted by Crippen LogP contribution is 2.36. The van der Waals surface area contributed by atoms with Gasteiger partial charge in [0.05, 0.1) is 5.56 Å². The maximum absolute atomic E-state index is 13.0. The average molecular weight is 300 g/mol. The van der Waals surface area contributed by atoms with E-state index in [9.17, 15) is 18.0 Å². The quantitative estimate of drug-likeness (QED) is 0.933. The summed E-state index contributed by atoms with van der Waals surface area (Å²) >= 11 is 0. The molecule has 1 fully saturated rings. The number of hydrogen-bond acceptors (Lipinski definition) is 2. The maximum atomic E-state index is 13.0. The van der Waals surface area contributed by atoms with Gasteiger partial charge < -0.3 is 10.6 Å². The number of nitrogens with two attached hydrogens (primary N) is 1. The fraction of sp³-hybridized carbons (Fsp3) is 0.533. The van der Waals surface area contributed by atoms with E-state index in [0.29, 0.717) is 13.1 Å². The van der Waals surface area contributed by atoms with Crippen LogP contribution in [0, 0.1) is 0 Å². The molecule has 1 heterocycles. The first-order valence-corrected chi connectivity index (χ1v) is 6.98. The van der Waals surface area contributed by atoms with Crippen molar-refractivity contribution < 1.29 is 18.0 Å². The number of amides is 1. The van der Waals surface area contributed by atoms with Crippen molar-refractivity contribution in [2.24, 2.45) is 5.73 Å². The van der Waals surface area contributed by atoms with Crippen molar-refractivity contribution >= 4 is 5.91 Å². The lowest BCUT2D eigenvalue weighted by atomic mass is 9.92. The van der Waals surface area contributed by atoms with Crippen molar-refractivity contribution in [2.75, 3.05) is 13.1 Å². The number of rotatable bonds is 3. The van der Waals surface area contributed by atoms with E-state index >= 15 is 0 Å². The fourth-order valence-corrected chi connectivity index (χ4v) is 2.70. The molecule has 1 aliphatic heterocycles. The zero-order valence-corrected chi connectivity index (χ0v) is 11.9. The van der Waals surface area contributed by atoms with Crippen LogP contribution in [0.2, 0.25) is 0 Å². The van der Waals surface area contributed by atoms with Gasteiger partial charge in [0.2, 0.25) is 5.91 Å². The molecule has 1 aromatic rings. The third-order valence-corrected chi connectivity index (χ3v) is 3.86. The Hall–Kier alpha value is -1.56. The molecule has 2 atom stereocenters. The summed E-state index contributed by atoms with van der Waals surface area (Å²) in [6, 6.07) is 5.41. The maximum Gasteiger partial charge on any atom is 0.416 e. The first-order valence-electron chi connectivity index (χ1n) is 6.98. The summed E-state index contributed by atoms with van der Waals surface area (Å²) in [5, 5.41) is 0.